The van der Waals surface area contributed by atoms with Gasteiger partial charge in [-0.3, -0.25) is 10.1 Å². The van der Waals surface area contributed by atoms with E-state index in [0.717, 1.165) is 37.3 Å². The van der Waals surface area contributed by atoms with Gasteiger partial charge in [-0.25, -0.2) is 4.98 Å². The summed E-state index contributed by atoms with van der Waals surface area (Å²) in [5.41, 5.74) is 2.76. The Balaban J connectivity index is 1.62. The predicted octanol–water partition coefficient (Wildman–Crippen LogP) is 1.17. The molecule has 0 unspecified atom stereocenters. The van der Waals surface area contributed by atoms with Gasteiger partial charge in [-0.1, -0.05) is 12.1 Å². The lowest BCUT2D eigenvalue weighted by Crippen LogP contribution is -2.29. The lowest BCUT2D eigenvalue weighted by Gasteiger charge is -2.18. The van der Waals surface area contributed by atoms with Gasteiger partial charge in [-0.05, 0) is 11.6 Å². The molecule has 108 valence electrons. The van der Waals surface area contributed by atoms with Crippen LogP contribution in [-0.4, -0.2) is 28.6 Å². The van der Waals surface area contributed by atoms with Gasteiger partial charge in [0.25, 0.3) is 5.91 Å². The minimum absolute atomic E-state index is 0.166. The van der Waals surface area contributed by atoms with Crippen LogP contribution in [0.1, 0.15) is 21.6 Å². The van der Waals surface area contributed by atoms with Crippen molar-refractivity contribution >= 4 is 11.9 Å². The smallest absolute Gasteiger partial charge is 0.261 e. The van der Waals surface area contributed by atoms with Gasteiger partial charge in [0.2, 0.25) is 5.95 Å². The molecule has 0 aliphatic carbocycles. The summed E-state index contributed by atoms with van der Waals surface area (Å²) in [6.45, 7) is 3.13. The number of hydrogen-bond acceptors (Lipinski definition) is 4. The van der Waals surface area contributed by atoms with E-state index >= 15 is 0 Å². The van der Waals surface area contributed by atoms with Crippen LogP contribution in [-0.2, 0) is 19.5 Å². The fourth-order valence-corrected chi connectivity index (χ4v) is 2.87. The number of fused-ring (bicyclic) bond motifs is 2. The number of carbonyl (C=O) groups excluding carboxylic acids is 1. The maximum Gasteiger partial charge on any atom is 0.261 e. The van der Waals surface area contributed by atoms with Gasteiger partial charge in [0.1, 0.15) is 5.75 Å². The number of amides is 1. The third-order valence-electron chi connectivity index (χ3n) is 3.94. The van der Waals surface area contributed by atoms with Crippen molar-refractivity contribution in [2.45, 2.75) is 19.5 Å². The van der Waals surface area contributed by atoms with E-state index in [1.54, 1.807) is 12.3 Å². The Morgan fingerprint density at radius 1 is 1.43 bits per heavy atom. The van der Waals surface area contributed by atoms with E-state index in [4.69, 9.17) is 4.74 Å². The summed E-state index contributed by atoms with van der Waals surface area (Å²) in [5, 5.41) is 6.18. The number of rotatable bonds is 2. The number of ether oxygens (including phenoxy) is 1. The predicted molar refractivity (Wildman–Crippen MR) is 77.5 cm³/mol. The zero-order valence-electron chi connectivity index (χ0n) is 11.6. The second-order valence-electron chi connectivity index (χ2n) is 5.25. The van der Waals surface area contributed by atoms with Crippen molar-refractivity contribution in [3.05, 3.63) is 41.2 Å². The number of nitrogens with one attached hydrogen (secondary N) is 2. The maximum absolute atomic E-state index is 12.5. The first-order chi connectivity index (χ1) is 10.3. The first-order valence-corrected chi connectivity index (χ1v) is 7.14. The zero-order valence-corrected chi connectivity index (χ0v) is 11.6. The van der Waals surface area contributed by atoms with E-state index in [1.165, 1.54) is 0 Å². The van der Waals surface area contributed by atoms with Gasteiger partial charge < -0.3 is 14.6 Å². The molecule has 1 aromatic heterocycles. The number of imidazole rings is 1. The van der Waals surface area contributed by atoms with Crippen LogP contribution < -0.4 is 15.4 Å². The quantitative estimate of drug-likeness (QED) is 0.869. The lowest BCUT2D eigenvalue weighted by atomic mass is 10.1. The van der Waals surface area contributed by atoms with E-state index in [-0.39, 0.29) is 5.91 Å². The van der Waals surface area contributed by atoms with Crippen LogP contribution in [0.4, 0.5) is 5.95 Å². The molecule has 0 saturated carbocycles. The SMILES string of the molecule is O=C(Nc1ncc2n1CCNC2)c1cccc2c1OCC2. The Morgan fingerprint density at radius 3 is 3.33 bits per heavy atom. The third kappa shape index (κ3) is 2.08. The molecule has 3 heterocycles. The minimum atomic E-state index is -0.166. The van der Waals surface area contributed by atoms with Gasteiger partial charge in [0.05, 0.1) is 24.1 Å². The first-order valence-electron chi connectivity index (χ1n) is 7.14. The summed E-state index contributed by atoms with van der Waals surface area (Å²) in [5.74, 6) is 1.15. The summed E-state index contributed by atoms with van der Waals surface area (Å²) in [6.07, 6.45) is 2.66. The number of hydrogen-bond donors (Lipinski definition) is 2. The number of nitrogens with zero attached hydrogens (tertiary/aromatic N) is 2. The average Bonchev–Trinajstić information content (AvgIpc) is 3.14. The van der Waals surface area contributed by atoms with Gasteiger partial charge in [-0.15, -0.1) is 0 Å². The highest BCUT2D eigenvalue weighted by atomic mass is 16.5. The maximum atomic E-state index is 12.5. The Labute approximate surface area is 122 Å². The van der Waals surface area contributed by atoms with Crippen LogP contribution in [0.25, 0.3) is 0 Å². The Hall–Kier alpha value is -2.34. The molecule has 4 rings (SSSR count). The largest absolute Gasteiger partial charge is 0.492 e. The van der Waals surface area contributed by atoms with Gasteiger partial charge in [0, 0.05) is 26.1 Å². The van der Waals surface area contributed by atoms with Crippen LogP contribution in [0, 0.1) is 0 Å². The molecular weight excluding hydrogens is 268 g/mol. The molecular formula is C15H16N4O2. The summed E-state index contributed by atoms with van der Waals surface area (Å²) in [7, 11) is 0. The summed E-state index contributed by atoms with van der Waals surface area (Å²) in [6, 6.07) is 5.69. The van der Waals surface area contributed by atoms with Crippen LogP contribution in [0.15, 0.2) is 24.4 Å². The standard InChI is InChI=1S/C15H16N4O2/c20-14(12-3-1-2-10-4-7-21-13(10)12)18-15-17-9-11-8-16-5-6-19(11)15/h1-3,9,16H,4-8H2,(H,17,18,20). The summed E-state index contributed by atoms with van der Waals surface area (Å²) < 4.78 is 7.62. The van der Waals surface area contributed by atoms with Crippen molar-refractivity contribution in [3.8, 4) is 5.75 Å². The van der Waals surface area contributed by atoms with E-state index in [2.05, 4.69) is 15.6 Å². The van der Waals surface area contributed by atoms with Crippen molar-refractivity contribution < 1.29 is 9.53 Å². The molecule has 0 radical (unpaired) electrons. The first kappa shape index (κ1) is 12.4. The van der Waals surface area contributed by atoms with E-state index in [9.17, 15) is 4.79 Å². The lowest BCUT2D eigenvalue weighted by molar-refractivity contribution is 0.102. The minimum Gasteiger partial charge on any atom is -0.492 e. The van der Waals surface area contributed by atoms with E-state index in [1.807, 2.05) is 16.7 Å². The topological polar surface area (TPSA) is 68.2 Å². The van der Waals surface area contributed by atoms with Crippen molar-refractivity contribution in [1.29, 1.82) is 0 Å². The van der Waals surface area contributed by atoms with Crippen LogP contribution in [0.3, 0.4) is 0 Å². The summed E-state index contributed by atoms with van der Waals surface area (Å²) in [4.78, 5) is 16.8. The third-order valence-corrected chi connectivity index (χ3v) is 3.94. The average molecular weight is 284 g/mol. The molecule has 0 fully saturated rings. The highest BCUT2D eigenvalue weighted by Crippen LogP contribution is 2.30. The molecule has 2 aliphatic heterocycles. The molecule has 0 spiro atoms. The Morgan fingerprint density at radius 2 is 2.38 bits per heavy atom. The van der Waals surface area contributed by atoms with Crippen LogP contribution in [0.5, 0.6) is 5.75 Å². The number of benzene rings is 1. The number of para-hydroxylation sites is 1. The van der Waals surface area contributed by atoms with Crippen molar-refractivity contribution in [2.75, 3.05) is 18.5 Å². The molecule has 6 nitrogen and oxygen atoms in total. The molecule has 2 aliphatic rings. The molecule has 0 saturated heterocycles. The van der Waals surface area contributed by atoms with Gasteiger partial charge in [0.15, 0.2) is 0 Å². The van der Waals surface area contributed by atoms with Crippen LogP contribution >= 0.6 is 0 Å². The van der Waals surface area contributed by atoms with Crippen molar-refractivity contribution in [1.82, 2.24) is 14.9 Å². The van der Waals surface area contributed by atoms with E-state index < -0.39 is 0 Å². The van der Waals surface area contributed by atoms with Gasteiger partial charge >= 0.3 is 0 Å². The number of aromatic nitrogens is 2. The normalized spacial score (nSPS) is 16.0. The monoisotopic (exact) mass is 284 g/mol. The Bertz CT molecular complexity index is 708. The molecule has 6 heteroatoms. The number of anilines is 1. The highest BCUT2D eigenvalue weighted by Gasteiger charge is 2.22. The number of carbonyl (C=O) groups is 1. The molecule has 1 aromatic carbocycles. The molecule has 2 N–H and O–H groups in total. The van der Waals surface area contributed by atoms with Crippen molar-refractivity contribution in [3.63, 3.8) is 0 Å². The van der Waals surface area contributed by atoms with E-state index in [0.29, 0.717) is 23.9 Å². The fraction of sp³-hybridized carbons (Fsp3) is 0.333. The zero-order chi connectivity index (χ0) is 14.2. The second kappa shape index (κ2) is 4.89. The summed E-state index contributed by atoms with van der Waals surface area (Å²) >= 11 is 0. The van der Waals surface area contributed by atoms with Gasteiger partial charge in [-0.2, -0.15) is 0 Å². The highest BCUT2D eigenvalue weighted by molar-refractivity contribution is 6.05. The molecule has 1 amide bonds. The molecule has 0 atom stereocenters. The molecule has 0 bridgehead atoms. The van der Waals surface area contributed by atoms with Crippen LogP contribution in [0.2, 0.25) is 0 Å². The Kier molecular flexibility index (Phi) is 2.89. The second-order valence-corrected chi connectivity index (χ2v) is 5.25. The van der Waals surface area contributed by atoms with Crippen molar-refractivity contribution in [2.24, 2.45) is 0 Å². The fourth-order valence-electron chi connectivity index (χ4n) is 2.87. The molecule has 21 heavy (non-hydrogen) atoms. The molecule has 2 aromatic rings.